The maximum absolute atomic E-state index is 12.4. The first kappa shape index (κ1) is 19.7. The first-order valence-electron chi connectivity index (χ1n) is 9.03. The zero-order chi connectivity index (χ0) is 19.9. The Morgan fingerprint density at radius 2 is 1.68 bits per heavy atom. The van der Waals surface area contributed by atoms with E-state index in [0.29, 0.717) is 5.56 Å². The third-order valence-corrected chi connectivity index (χ3v) is 5.30. The van der Waals surface area contributed by atoms with Crippen LogP contribution in [0.15, 0.2) is 72.0 Å². The number of hydrazine groups is 1. The van der Waals surface area contributed by atoms with Gasteiger partial charge in [-0.1, -0.05) is 60.3 Å². The number of rotatable bonds is 6. The lowest BCUT2D eigenvalue weighted by atomic mass is 10.2. The van der Waals surface area contributed by atoms with Crippen LogP contribution >= 0.6 is 11.8 Å². The monoisotopic (exact) mass is 394 g/mol. The number of hydrogen-bond acceptors (Lipinski definition) is 4. The van der Waals surface area contributed by atoms with Crippen molar-refractivity contribution in [2.45, 2.75) is 30.8 Å². The quantitative estimate of drug-likeness (QED) is 0.496. The van der Waals surface area contributed by atoms with Crippen molar-refractivity contribution in [2.24, 2.45) is 0 Å². The zero-order valence-electron chi connectivity index (χ0n) is 15.8. The number of nitrogens with zero attached hydrogens (tertiary/aromatic N) is 2. The Labute approximate surface area is 168 Å². The van der Waals surface area contributed by atoms with Gasteiger partial charge in [-0.25, -0.2) is 4.98 Å². The van der Waals surface area contributed by atoms with Gasteiger partial charge in [-0.05, 0) is 31.5 Å². The zero-order valence-corrected chi connectivity index (χ0v) is 16.6. The number of amides is 2. The summed E-state index contributed by atoms with van der Waals surface area (Å²) in [6.45, 7) is 4.57. The highest BCUT2D eigenvalue weighted by molar-refractivity contribution is 8.00. The van der Waals surface area contributed by atoms with E-state index in [1.807, 2.05) is 49.5 Å². The second kappa shape index (κ2) is 9.23. The molecule has 0 aliphatic rings. The summed E-state index contributed by atoms with van der Waals surface area (Å²) in [4.78, 5) is 28.9. The molecule has 0 radical (unpaired) electrons. The lowest BCUT2D eigenvalue weighted by Crippen LogP contribution is -2.44. The highest BCUT2D eigenvalue weighted by Gasteiger charge is 2.19. The van der Waals surface area contributed by atoms with Crippen LogP contribution in [-0.4, -0.2) is 26.6 Å². The minimum Gasteiger partial charge on any atom is -0.319 e. The summed E-state index contributed by atoms with van der Waals surface area (Å²) in [5.74, 6) is -0.645. The second-order valence-corrected chi connectivity index (χ2v) is 7.41. The van der Waals surface area contributed by atoms with Gasteiger partial charge in [0.15, 0.2) is 5.16 Å². The Hall–Kier alpha value is -3.06. The molecule has 0 spiro atoms. The van der Waals surface area contributed by atoms with Crippen molar-refractivity contribution < 1.29 is 9.59 Å². The fourth-order valence-electron chi connectivity index (χ4n) is 2.69. The van der Waals surface area contributed by atoms with E-state index < -0.39 is 5.25 Å². The highest BCUT2D eigenvalue weighted by Crippen LogP contribution is 2.28. The van der Waals surface area contributed by atoms with Gasteiger partial charge in [0.1, 0.15) is 0 Å². The van der Waals surface area contributed by atoms with Crippen LogP contribution in [0.25, 0.3) is 11.3 Å². The van der Waals surface area contributed by atoms with E-state index in [4.69, 9.17) is 0 Å². The number of thioether (sulfide) groups is 1. The normalized spacial score (nSPS) is 11.6. The van der Waals surface area contributed by atoms with Crippen molar-refractivity contribution in [1.29, 1.82) is 0 Å². The second-order valence-electron chi connectivity index (χ2n) is 6.11. The Bertz CT molecular complexity index is 942. The highest BCUT2D eigenvalue weighted by atomic mass is 32.2. The molecule has 0 unspecified atom stereocenters. The van der Waals surface area contributed by atoms with E-state index in [1.54, 1.807) is 31.2 Å². The number of nitrogens with one attached hydrogen (secondary N) is 2. The molecule has 1 atom stereocenters. The molecule has 1 heterocycles. The minimum absolute atomic E-state index is 0.291. The number of hydrogen-bond donors (Lipinski definition) is 2. The Morgan fingerprint density at radius 3 is 2.32 bits per heavy atom. The fraction of sp³-hybridized carbons (Fsp3) is 0.190. The lowest BCUT2D eigenvalue weighted by Gasteiger charge is -2.14. The molecule has 0 saturated carbocycles. The van der Waals surface area contributed by atoms with Crippen LogP contribution in [0.2, 0.25) is 0 Å². The average Bonchev–Trinajstić information content (AvgIpc) is 3.15. The number of imidazole rings is 1. The third kappa shape index (κ3) is 4.61. The summed E-state index contributed by atoms with van der Waals surface area (Å²) in [5, 5.41) is 0.339. The van der Waals surface area contributed by atoms with Crippen LogP contribution in [0.5, 0.6) is 0 Å². The van der Waals surface area contributed by atoms with E-state index in [0.717, 1.165) is 23.0 Å². The van der Waals surface area contributed by atoms with Crippen molar-refractivity contribution in [2.75, 3.05) is 0 Å². The van der Waals surface area contributed by atoms with Crippen LogP contribution in [0, 0.1) is 0 Å². The molecule has 0 fully saturated rings. The van der Waals surface area contributed by atoms with Crippen molar-refractivity contribution in [3.05, 3.63) is 72.4 Å². The summed E-state index contributed by atoms with van der Waals surface area (Å²) in [5.41, 5.74) is 7.50. The number of carbonyl (C=O) groups is 2. The Kier molecular flexibility index (Phi) is 6.49. The van der Waals surface area contributed by atoms with Gasteiger partial charge in [0.25, 0.3) is 11.8 Å². The Morgan fingerprint density at radius 1 is 1.04 bits per heavy atom. The van der Waals surface area contributed by atoms with Crippen molar-refractivity contribution in [3.63, 3.8) is 0 Å². The molecule has 28 heavy (non-hydrogen) atoms. The van der Waals surface area contributed by atoms with E-state index in [9.17, 15) is 9.59 Å². The van der Waals surface area contributed by atoms with Gasteiger partial charge in [-0.15, -0.1) is 0 Å². The average molecular weight is 395 g/mol. The van der Waals surface area contributed by atoms with E-state index in [-0.39, 0.29) is 11.8 Å². The summed E-state index contributed by atoms with van der Waals surface area (Å²) in [6.07, 6.45) is 1.82. The molecular weight excluding hydrogens is 372 g/mol. The Balaban J connectivity index is 1.63. The van der Waals surface area contributed by atoms with Gasteiger partial charge in [-0.2, -0.15) is 0 Å². The summed E-state index contributed by atoms with van der Waals surface area (Å²) >= 11 is 1.35. The van der Waals surface area contributed by atoms with Crippen LogP contribution in [-0.2, 0) is 11.3 Å². The lowest BCUT2D eigenvalue weighted by molar-refractivity contribution is -0.121. The topological polar surface area (TPSA) is 76.0 Å². The minimum atomic E-state index is -0.424. The smallest absolute Gasteiger partial charge is 0.269 e. The van der Waals surface area contributed by atoms with Crippen LogP contribution in [0.4, 0.5) is 0 Å². The van der Waals surface area contributed by atoms with E-state index in [1.165, 1.54) is 11.8 Å². The largest absolute Gasteiger partial charge is 0.319 e. The third-order valence-electron chi connectivity index (χ3n) is 4.19. The molecular formula is C21H22N4O2S. The molecule has 6 nitrogen and oxygen atoms in total. The molecule has 0 aliphatic heterocycles. The molecule has 2 N–H and O–H groups in total. The van der Waals surface area contributed by atoms with Gasteiger partial charge < -0.3 is 4.57 Å². The summed E-state index contributed by atoms with van der Waals surface area (Å²) in [7, 11) is 0. The van der Waals surface area contributed by atoms with Crippen molar-refractivity contribution in [1.82, 2.24) is 20.4 Å². The van der Waals surface area contributed by atoms with E-state index >= 15 is 0 Å². The predicted octanol–water partition coefficient (Wildman–Crippen LogP) is 3.51. The fourth-order valence-corrected chi connectivity index (χ4v) is 3.64. The molecule has 3 rings (SSSR count). The molecule has 3 aromatic rings. The number of carbonyl (C=O) groups excluding carboxylic acids is 2. The predicted molar refractivity (Wildman–Crippen MR) is 111 cm³/mol. The molecule has 0 aliphatic carbocycles. The van der Waals surface area contributed by atoms with Crippen molar-refractivity contribution >= 4 is 23.6 Å². The standard InChI is InChI=1S/C21H22N4O2S/c1-3-25-18(16-10-6-4-7-11-16)14-22-21(25)28-15(2)19(26)23-24-20(27)17-12-8-5-9-13-17/h4-15H,3H2,1-2H3,(H,23,26)(H,24,27)/t15-/m0/s1. The SMILES string of the molecule is CCn1c(-c2ccccc2)cnc1S[C@@H](C)C(=O)NNC(=O)c1ccccc1. The first-order chi connectivity index (χ1) is 13.6. The van der Waals surface area contributed by atoms with E-state index in [2.05, 4.69) is 20.4 Å². The van der Waals surface area contributed by atoms with Gasteiger partial charge >= 0.3 is 0 Å². The van der Waals surface area contributed by atoms with Crippen LogP contribution in [0.3, 0.4) is 0 Å². The van der Waals surface area contributed by atoms with Crippen molar-refractivity contribution in [3.8, 4) is 11.3 Å². The first-order valence-corrected chi connectivity index (χ1v) is 9.91. The number of benzene rings is 2. The molecule has 0 bridgehead atoms. The molecule has 7 heteroatoms. The van der Waals surface area contributed by atoms with Gasteiger partial charge in [0.2, 0.25) is 0 Å². The molecule has 0 saturated heterocycles. The molecule has 1 aromatic heterocycles. The molecule has 144 valence electrons. The summed E-state index contributed by atoms with van der Waals surface area (Å²) in [6, 6.07) is 18.7. The molecule has 2 aromatic carbocycles. The maximum Gasteiger partial charge on any atom is 0.269 e. The maximum atomic E-state index is 12.4. The van der Waals surface area contributed by atoms with Gasteiger partial charge in [0, 0.05) is 12.1 Å². The van der Waals surface area contributed by atoms with Crippen LogP contribution < -0.4 is 10.9 Å². The number of aromatic nitrogens is 2. The van der Waals surface area contributed by atoms with Gasteiger partial charge in [-0.3, -0.25) is 20.4 Å². The summed E-state index contributed by atoms with van der Waals surface area (Å²) < 4.78 is 2.08. The van der Waals surface area contributed by atoms with Crippen LogP contribution in [0.1, 0.15) is 24.2 Å². The molecule has 2 amide bonds. The van der Waals surface area contributed by atoms with Gasteiger partial charge in [0.05, 0.1) is 17.1 Å².